The molecule has 0 aliphatic carbocycles. The maximum atomic E-state index is 14.9. The number of ether oxygens (including phenoxy) is 4. The summed E-state index contributed by atoms with van der Waals surface area (Å²) in [6.07, 6.45) is 2.35. The highest BCUT2D eigenvalue weighted by Crippen LogP contribution is 2.27. The van der Waals surface area contributed by atoms with Crippen LogP contribution in [0.4, 0.5) is 14.0 Å². The zero-order valence-electron chi connectivity index (χ0n) is 22.4. The summed E-state index contributed by atoms with van der Waals surface area (Å²) in [5.41, 5.74) is 0.223. The van der Waals surface area contributed by atoms with Gasteiger partial charge in [0.05, 0.1) is 25.6 Å². The quantitative estimate of drug-likeness (QED) is 0.186. The number of halogens is 1. The van der Waals surface area contributed by atoms with Crippen molar-refractivity contribution >= 4 is 18.2 Å². The Bertz CT molecular complexity index is 945. The highest BCUT2D eigenvalue weighted by atomic mass is 19.1. The van der Waals surface area contributed by atoms with Crippen molar-refractivity contribution in [2.24, 2.45) is 5.92 Å². The first-order valence-corrected chi connectivity index (χ1v) is 12.6. The average molecular weight is 523 g/mol. The number of nitrogens with zero attached hydrogens (tertiary/aromatic N) is 1. The summed E-state index contributed by atoms with van der Waals surface area (Å²) in [4.78, 5) is 38.0. The molecular weight excluding hydrogens is 483 g/mol. The molecule has 1 heterocycles. The lowest BCUT2D eigenvalue weighted by molar-refractivity contribution is -0.143. The van der Waals surface area contributed by atoms with Gasteiger partial charge >= 0.3 is 18.2 Å². The van der Waals surface area contributed by atoms with Gasteiger partial charge in [-0.05, 0) is 64.0 Å². The molecule has 37 heavy (non-hydrogen) atoms. The molecule has 0 unspecified atom stereocenters. The second-order valence-electron chi connectivity index (χ2n) is 9.56. The standard InChI is InChI=1S/C27H39FN2O7/c1-17(2)36-26(32)29-24(25(31)34-6)19(5)22-10-9-21(16-23(22)28)35-15-7-8-20-11-13-30(14-12-20)27(33)37-18(3)4/h9-10,16,18-20,24H,1,7-8,11-15H2,2-6H3,(H,29,32)/t19-,24-/m0/s1. The monoisotopic (exact) mass is 522 g/mol. The van der Waals surface area contributed by atoms with Crippen molar-refractivity contribution in [1.29, 1.82) is 0 Å². The number of likely N-dealkylation sites (tertiary alicyclic amines) is 1. The van der Waals surface area contributed by atoms with Gasteiger partial charge in [0, 0.05) is 25.1 Å². The summed E-state index contributed by atoms with van der Waals surface area (Å²) in [6.45, 7) is 12.1. The Morgan fingerprint density at radius 3 is 2.43 bits per heavy atom. The normalized spacial score (nSPS) is 15.5. The molecule has 1 aromatic carbocycles. The number of nitrogens with one attached hydrogen (secondary N) is 1. The zero-order valence-corrected chi connectivity index (χ0v) is 22.4. The molecule has 1 fully saturated rings. The zero-order chi connectivity index (χ0) is 27.5. The van der Waals surface area contributed by atoms with Gasteiger partial charge in [-0.1, -0.05) is 19.6 Å². The van der Waals surface area contributed by atoms with Gasteiger partial charge in [0.25, 0.3) is 0 Å². The Balaban J connectivity index is 1.84. The molecule has 0 saturated carbocycles. The highest BCUT2D eigenvalue weighted by Gasteiger charge is 2.31. The van der Waals surface area contributed by atoms with Gasteiger partial charge in [-0.15, -0.1) is 0 Å². The molecule has 2 amide bonds. The van der Waals surface area contributed by atoms with Crippen molar-refractivity contribution in [3.05, 3.63) is 41.9 Å². The molecule has 1 aromatic rings. The van der Waals surface area contributed by atoms with Crippen LogP contribution in [0.25, 0.3) is 0 Å². The van der Waals surface area contributed by atoms with E-state index in [4.69, 9.17) is 18.9 Å². The molecule has 0 spiro atoms. The lowest BCUT2D eigenvalue weighted by Crippen LogP contribution is -2.45. The number of rotatable bonds is 11. The van der Waals surface area contributed by atoms with Crippen LogP contribution in [0, 0.1) is 11.7 Å². The molecule has 2 rings (SSSR count). The Labute approximate surface area is 218 Å². The summed E-state index contributed by atoms with van der Waals surface area (Å²) >= 11 is 0. The van der Waals surface area contributed by atoms with Crippen molar-refractivity contribution < 1.29 is 37.7 Å². The molecule has 10 heteroatoms. The van der Waals surface area contributed by atoms with Gasteiger partial charge in [-0.25, -0.2) is 18.8 Å². The minimum atomic E-state index is -1.16. The number of methoxy groups -OCH3 is 1. The van der Waals surface area contributed by atoms with E-state index < -0.39 is 29.8 Å². The number of alkyl carbamates (subject to hydrolysis) is 1. The van der Waals surface area contributed by atoms with E-state index in [2.05, 4.69) is 11.9 Å². The number of hydrogen-bond acceptors (Lipinski definition) is 7. The fraction of sp³-hybridized carbons (Fsp3) is 0.593. The number of allylic oxidation sites excluding steroid dienone is 1. The Morgan fingerprint density at radius 1 is 1.19 bits per heavy atom. The van der Waals surface area contributed by atoms with Crippen molar-refractivity contribution in [2.45, 2.75) is 71.4 Å². The second kappa shape index (κ2) is 14.4. The van der Waals surface area contributed by atoms with Crippen LogP contribution in [0.1, 0.15) is 64.9 Å². The average Bonchev–Trinajstić information content (AvgIpc) is 2.84. The van der Waals surface area contributed by atoms with Crippen molar-refractivity contribution in [2.75, 3.05) is 26.8 Å². The number of piperidine rings is 1. The highest BCUT2D eigenvalue weighted by molar-refractivity contribution is 5.82. The number of carbonyl (C=O) groups is 3. The van der Waals surface area contributed by atoms with Crippen LogP contribution in [0.15, 0.2) is 30.5 Å². The van der Waals surface area contributed by atoms with Crippen LogP contribution in [-0.4, -0.2) is 62.0 Å². The molecule has 0 aromatic heterocycles. The topological polar surface area (TPSA) is 103 Å². The molecule has 206 valence electrons. The number of carbonyl (C=O) groups excluding carboxylic acids is 3. The first-order valence-electron chi connectivity index (χ1n) is 12.6. The van der Waals surface area contributed by atoms with Crippen LogP contribution >= 0.6 is 0 Å². The van der Waals surface area contributed by atoms with E-state index in [9.17, 15) is 18.8 Å². The van der Waals surface area contributed by atoms with Gasteiger partial charge in [0.2, 0.25) is 0 Å². The Kier molecular flexibility index (Phi) is 11.7. The third kappa shape index (κ3) is 9.59. The SMILES string of the molecule is C=C(C)OC(=O)N[C@H](C(=O)OC)[C@@H](C)c1ccc(OCCCC2CCN(C(=O)OC(C)C)CC2)cc1F. The largest absolute Gasteiger partial charge is 0.493 e. The Hall–Kier alpha value is -3.30. The summed E-state index contributed by atoms with van der Waals surface area (Å²) < 4.78 is 35.5. The molecular formula is C27H39FN2O7. The maximum absolute atomic E-state index is 14.9. The van der Waals surface area contributed by atoms with E-state index in [1.54, 1.807) is 17.9 Å². The molecule has 0 bridgehead atoms. The van der Waals surface area contributed by atoms with E-state index in [0.29, 0.717) is 31.4 Å². The van der Waals surface area contributed by atoms with Crippen LogP contribution < -0.4 is 10.1 Å². The summed E-state index contributed by atoms with van der Waals surface area (Å²) in [6, 6.07) is 3.28. The van der Waals surface area contributed by atoms with Crippen molar-refractivity contribution in [3.63, 3.8) is 0 Å². The first kappa shape index (κ1) is 29.9. The first-order chi connectivity index (χ1) is 17.5. The second-order valence-corrected chi connectivity index (χ2v) is 9.56. The predicted molar refractivity (Wildman–Crippen MR) is 136 cm³/mol. The maximum Gasteiger partial charge on any atom is 0.412 e. The van der Waals surface area contributed by atoms with Crippen molar-refractivity contribution in [1.82, 2.24) is 10.2 Å². The van der Waals surface area contributed by atoms with Gasteiger partial charge in [0.1, 0.15) is 17.6 Å². The third-order valence-corrected chi connectivity index (χ3v) is 6.19. The molecule has 9 nitrogen and oxygen atoms in total. The summed E-state index contributed by atoms with van der Waals surface area (Å²) in [5.74, 6) is -0.987. The molecule has 1 saturated heterocycles. The fourth-order valence-electron chi connectivity index (χ4n) is 4.22. The van der Waals surface area contributed by atoms with E-state index in [0.717, 1.165) is 25.7 Å². The molecule has 0 radical (unpaired) electrons. The summed E-state index contributed by atoms with van der Waals surface area (Å²) in [5, 5.41) is 2.41. The van der Waals surface area contributed by atoms with Crippen LogP contribution in [0.2, 0.25) is 0 Å². The number of hydrogen-bond donors (Lipinski definition) is 1. The third-order valence-electron chi connectivity index (χ3n) is 6.19. The van der Waals surface area contributed by atoms with E-state index in [1.807, 2.05) is 13.8 Å². The minimum absolute atomic E-state index is 0.124. The van der Waals surface area contributed by atoms with E-state index in [1.165, 1.54) is 26.2 Å². The molecule has 1 aliphatic heterocycles. The fourth-order valence-corrected chi connectivity index (χ4v) is 4.22. The lowest BCUT2D eigenvalue weighted by Gasteiger charge is -2.31. The molecule has 1 aliphatic rings. The van der Waals surface area contributed by atoms with Crippen molar-refractivity contribution in [3.8, 4) is 5.75 Å². The molecule has 1 N–H and O–H groups in total. The van der Waals surface area contributed by atoms with E-state index >= 15 is 0 Å². The van der Waals surface area contributed by atoms with Crippen LogP contribution in [0.3, 0.4) is 0 Å². The molecule has 2 atom stereocenters. The van der Waals surface area contributed by atoms with Gasteiger partial charge in [-0.3, -0.25) is 0 Å². The van der Waals surface area contributed by atoms with E-state index in [-0.39, 0.29) is 23.5 Å². The number of esters is 1. The van der Waals surface area contributed by atoms with Gasteiger partial charge < -0.3 is 29.2 Å². The minimum Gasteiger partial charge on any atom is -0.493 e. The number of amides is 2. The van der Waals surface area contributed by atoms with Crippen LogP contribution in [0.5, 0.6) is 5.75 Å². The Morgan fingerprint density at radius 2 is 1.86 bits per heavy atom. The predicted octanol–water partition coefficient (Wildman–Crippen LogP) is 5.15. The summed E-state index contributed by atoms with van der Waals surface area (Å²) in [7, 11) is 1.19. The van der Waals surface area contributed by atoms with Gasteiger partial charge in [-0.2, -0.15) is 0 Å². The lowest BCUT2D eigenvalue weighted by atomic mass is 9.92. The van der Waals surface area contributed by atoms with Gasteiger partial charge in [0.15, 0.2) is 0 Å². The van der Waals surface area contributed by atoms with Crippen LogP contribution in [-0.2, 0) is 19.0 Å². The number of benzene rings is 1. The smallest absolute Gasteiger partial charge is 0.412 e.